The lowest BCUT2D eigenvalue weighted by atomic mass is 10.1. The summed E-state index contributed by atoms with van der Waals surface area (Å²) in [5.74, 6) is 0.412. The van der Waals surface area contributed by atoms with Crippen LogP contribution in [0.5, 0.6) is 0 Å². The maximum atomic E-state index is 11.6. The highest BCUT2D eigenvalue weighted by atomic mass is 35.5. The van der Waals surface area contributed by atoms with Crippen LogP contribution in [0.15, 0.2) is 49.5 Å². The third-order valence-corrected chi connectivity index (χ3v) is 8.25. The predicted octanol–water partition coefficient (Wildman–Crippen LogP) is 7.68. The molecule has 1 atom stereocenters. The maximum Gasteiger partial charge on any atom is 0.214 e. The summed E-state index contributed by atoms with van der Waals surface area (Å²) in [4.78, 5) is 21.4. The van der Waals surface area contributed by atoms with Gasteiger partial charge in [0, 0.05) is 39.0 Å². The number of allylic oxidation sites excluding steroid dienone is 2. The van der Waals surface area contributed by atoms with Crippen molar-refractivity contribution in [2.24, 2.45) is 5.92 Å². The van der Waals surface area contributed by atoms with Gasteiger partial charge < -0.3 is 4.90 Å². The molecule has 0 bridgehead atoms. The van der Waals surface area contributed by atoms with Crippen molar-refractivity contribution in [3.8, 4) is 0 Å². The largest absolute Gasteiger partial charge is 0.309 e. The molecule has 1 aromatic heterocycles. The molecule has 156 valence electrons. The standard InChI is InChI=1S/C22H27ClN2OS3/c1-6-15(3)22(29-19-9-8-18(23)12-16(19)4)17(5)28-21(25(7-2)14-26)13-20-24-10-11-27-20/h8-15H,6-7H2,1-5H3/b21-13-,22-17+. The second-order valence-corrected chi connectivity index (χ2v) is 10.3. The van der Waals surface area contributed by atoms with Crippen molar-refractivity contribution in [2.75, 3.05) is 6.54 Å². The Labute approximate surface area is 191 Å². The molecule has 0 aliphatic rings. The molecule has 0 aliphatic heterocycles. The van der Waals surface area contributed by atoms with Crippen LogP contribution in [0.2, 0.25) is 5.02 Å². The molecular weight excluding hydrogens is 440 g/mol. The Morgan fingerprint density at radius 1 is 1.38 bits per heavy atom. The third kappa shape index (κ3) is 6.92. The highest BCUT2D eigenvalue weighted by molar-refractivity contribution is 8.09. The van der Waals surface area contributed by atoms with E-state index in [0.717, 1.165) is 27.9 Å². The van der Waals surface area contributed by atoms with Crippen molar-refractivity contribution in [2.45, 2.75) is 45.9 Å². The number of hydrogen-bond donors (Lipinski definition) is 0. The molecule has 0 N–H and O–H groups in total. The van der Waals surface area contributed by atoms with Gasteiger partial charge in [-0.3, -0.25) is 4.79 Å². The smallest absolute Gasteiger partial charge is 0.214 e. The fraction of sp³-hybridized carbons (Fsp3) is 0.364. The first-order valence-corrected chi connectivity index (χ1v) is 12.4. The normalized spacial score (nSPS) is 13.8. The average Bonchev–Trinajstić information content (AvgIpc) is 3.20. The van der Waals surface area contributed by atoms with E-state index >= 15 is 0 Å². The molecule has 1 unspecified atom stereocenters. The molecule has 1 aromatic carbocycles. The van der Waals surface area contributed by atoms with Crippen LogP contribution in [-0.2, 0) is 4.79 Å². The fourth-order valence-corrected chi connectivity index (χ4v) is 5.92. The Hall–Kier alpha value is -1.21. The summed E-state index contributed by atoms with van der Waals surface area (Å²) in [5.41, 5.74) is 1.17. The van der Waals surface area contributed by atoms with Gasteiger partial charge in [0.15, 0.2) is 0 Å². The van der Waals surface area contributed by atoms with Crippen LogP contribution in [0.3, 0.4) is 0 Å². The average molecular weight is 467 g/mol. The predicted molar refractivity (Wildman–Crippen MR) is 130 cm³/mol. The summed E-state index contributed by atoms with van der Waals surface area (Å²) in [6.45, 7) is 11.3. The van der Waals surface area contributed by atoms with E-state index in [9.17, 15) is 4.79 Å². The number of carbonyl (C=O) groups is 1. The molecule has 29 heavy (non-hydrogen) atoms. The zero-order chi connectivity index (χ0) is 21.4. The highest BCUT2D eigenvalue weighted by Crippen LogP contribution is 2.43. The lowest BCUT2D eigenvalue weighted by Crippen LogP contribution is -2.19. The zero-order valence-corrected chi connectivity index (χ0v) is 20.6. The molecule has 0 radical (unpaired) electrons. The minimum atomic E-state index is 0.412. The number of rotatable bonds is 10. The summed E-state index contributed by atoms with van der Waals surface area (Å²) < 4.78 is 0. The Morgan fingerprint density at radius 2 is 2.14 bits per heavy atom. The summed E-state index contributed by atoms with van der Waals surface area (Å²) in [6.07, 6.45) is 5.70. The summed E-state index contributed by atoms with van der Waals surface area (Å²) in [5, 5.41) is 4.49. The molecule has 1 heterocycles. The van der Waals surface area contributed by atoms with Gasteiger partial charge in [-0.1, -0.05) is 49.0 Å². The first kappa shape index (κ1) is 24.1. The van der Waals surface area contributed by atoms with E-state index in [4.69, 9.17) is 11.6 Å². The van der Waals surface area contributed by atoms with E-state index in [1.807, 2.05) is 30.5 Å². The lowest BCUT2D eigenvalue weighted by Gasteiger charge is -2.22. The number of thiazole rings is 1. The van der Waals surface area contributed by atoms with Crippen LogP contribution in [-0.4, -0.2) is 22.8 Å². The number of nitrogens with zero attached hydrogens (tertiary/aromatic N) is 2. The Bertz CT molecular complexity index is 878. The number of thioether (sulfide) groups is 2. The van der Waals surface area contributed by atoms with Crippen molar-refractivity contribution in [1.82, 2.24) is 9.88 Å². The Morgan fingerprint density at radius 3 is 2.69 bits per heavy atom. The van der Waals surface area contributed by atoms with Crippen molar-refractivity contribution < 1.29 is 4.79 Å². The molecule has 3 nitrogen and oxygen atoms in total. The molecule has 7 heteroatoms. The minimum Gasteiger partial charge on any atom is -0.309 e. The molecule has 0 saturated heterocycles. The SMILES string of the molecule is CCC(C)/C(Sc1ccc(Cl)cc1C)=C(/C)S/C(=C\c1nccs1)N(C=O)CC. The van der Waals surface area contributed by atoms with Crippen LogP contribution >= 0.6 is 46.5 Å². The van der Waals surface area contributed by atoms with E-state index in [1.165, 1.54) is 20.3 Å². The number of aryl methyl sites for hydroxylation is 1. The topological polar surface area (TPSA) is 33.2 Å². The van der Waals surface area contributed by atoms with Crippen LogP contribution in [0.25, 0.3) is 6.08 Å². The van der Waals surface area contributed by atoms with Gasteiger partial charge in [-0.25, -0.2) is 4.98 Å². The second-order valence-electron chi connectivity index (χ2n) is 6.59. The van der Waals surface area contributed by atoms with Crippen LogP contribution in [0.1, 0.15) is 44.7 Å². The summed E-state index contributed by atoms with van der Waals surface area (Å²) in [7, 11) is 0. The number of halogens is 1. The van der Waals surface area contributed by atoms with Crippen LogP contribution in [0, 0.1) is 12.8 Å². The molecule has 0 fully saturated rings. The van der Waals surface area contributed by atoms with Crippen molar-refractivity contribution in [1.29, 1.82) is 0 Å². The van der Waals surface area contributed by atoms with Crippen molar-refractivity contribution in [3.05, 3.63) is 60.2 Å². The van der Waals surface area contributed by atoms with Gasteiger partial charge in [0.25, 0.3) is 0 Å². The van der Waals surface area contributed by atoms with Gasteiger partial charge in [0.05, 0.1) is 5.03 Å². The Kier molecular flexibility index (Phi) is 9.83. The number of benzene rings is 1. The fourth-order valence-electron chi connectivity index (χ4n) is 2.62. The third-order valence-electron chi connectivity index (χ3n) is 4.47. The number of aromatic nitrogens is 1. The quantitative estimate of drug-likeness (QED) is 0.265. The molecule has 1 amide bonds. The van der Waals surface area contributed by atoms with Crippen molar-refractivity contribution >= 4 is 58.9 Å². The van der Waals surface area contributed by atoms with Gasteiger partial charge in [-0.2, -0.15) is 0 Å². The molecule has 0 spiro atoms. The monoisotopic (exact) mass is 466 g/mol. The van der Waals surface area contributed by atoms with E-state index in [1.54, 1.807) is 46.0 Å². The van der Waals surface area contributed by atoms with Crippen LogP contribution < -0.4 is 0 Å². The van der Waals surface area contributed by atoms with Gasteiger partial charge in [-0.15, -0.1) is 11.3 Å². The van der Waals surface area contributed by atoms with E-state index in [0.29, 0.717) is 12.5 Å². The number of hydrogen-bond acceptors (Lipinski definition) is 5. The number of amides is 1. The van der Waals surface area contributed by atoms with Gasteiger partial charge >= 0.3 is 0 Å². The first-order valence-electron chi connectivity index (χ1n) is 9.55. The zero-order valence-electron chi connectivity index (χ0n) is 17.4. The van der Waals surface area contributed by atoms with E-state index < -0.39 is 0 Å². The van der Waals surface area contributed by atoms with Crippen LogP contribution in [0.4, 0.5) is 0 Å². The molecule has 2 aromatic rings. The van der Waals surface area contributed by atoms with Gasteiger partial charge in [0.1, 0.15) is 5.01 Å². The summed E-state index contributed by atoms with van der Waals surface area (Å²) in [6, 6.07) is 6.02. The van der Waals surface area contributed by atoms with E-state index in [2.05, 4.69) is 38.7 Å². The molecule has 2 rings (SSSR count). The van der Waals surface area contributed by atoms with Gasteiger partial charge in [-0.05, 0) is 61.8 Å². The summed E-state index contributed by atoms with van der Waals surface area (Å²) >= 11 is 11.1. The lowest BCUT2D eigenvalue weighted by molar-refractivity contribution is -0.115. The minimum absolute atomic E-state index is 0.412. The van der Waals surface area contributed by atoms with E-state index in [-0.39, 0.29) is 0 Å². The maximum absolute atomic E-state index is 11.6. The Balaban J connectivity index is 2.42. The molecular formula is C22H27ClN2OS3. The molecule has 0 saturated carbocycles. The first-order chi connectivity index (χ1) is 13.9. The second kappa shape index (κ2) is 11.8. The van der Waals surface area contributed by atoms with Gasteiger partial charge in [0.2, 0.25) is 6.41 Å². The number of carbonyl (C=O) groups excluding carboxylic acids is 1. The van der Waals surface area contributed by atoms with Crippen molar-refractivity contribution in [3.63, 3.8) is 0 Å². The molecule has 0 aliphatic carbocycles. The highest BCUT2D eigenvalue weighted by Gasteiger charge is 2.17.